The molecule has 0 aliphatic carbocycles. The summed E-state index contributed by atoms with van der Waals surface area (Å²) in [5, 5.41) is 3.09. The molecule has 0 bridgehead atoms. The van der Waals surface area contributed by atoms with E-state index in [2.05, 4.69) is 29.8 Å². The zero-order chi connectivity index (χ0) is 18.5. The molecule has 1 spiro atoms. The predicted molar refractivity (Wildman–Crippen MR) is 99.8 cm³/mol. The summed E-state index contributed by atoms with van der Waals surface area (Å²) in [7, 11) is 1.40. The van der Waals surface area contributed by atoms with E-state index in [-0.39, 0.29) is 23.8 Å². The number of para-hydroxylation sites is 1. The minimum absolute atomic E-state index is 0.0595. The van der Waals surface area contributed by atoms with Crippen molar-refractivity contribution in [2.45, 2.75) is 37.6 Å². The van der Waals surface area contributed by atoms with E-state index in [9.17, 15) is 9.59 Å². The van der Waals surface area contributed by atoms with Crippen LogP contribution in [0.15, 0.2) is 36.4 Å². The first kappa shape index (κ1) is 17.3. The number of nitrogens with zero attached hydrogens (tertiary/aromatic N) is 1. The second-order valence-corrected chi connectivity index (χ2v) is 7.76. The largest absolute Gasteiger partial charge is 0.466 e. The fourth-order valence-electron chi connectivity index (χ4n) is 5.42. The van der Waals surface area contributed by atoms with Gasteiger partial charge in [-0.05, 0) is 42.9 Å². The van der Waals surface area contributed by atoms with Crippen molar-refractivity contribution >= 4 is 17.6 Å². The Hall–Kier alpha value is -2.14. The van der Waals surface area contributed by atoms with Crippen molar-refractivity contribution in [3.63, 3.8) is 0 Å². The maximum Gasteiger partial charge on any atom is 0.333 e. The smallest absolute Gasteiger partial charge is 0.333 e. The minimum atomic E-state index is -0.510. The van der Waals surface area contributed by atoms with Crippen LogP contribution in [0.25, 0.3) is 0 Å². The highest BCUT2D eigenvalue weighted by atomic mass is 16.5. The second kappa shape index (κ2) is 6.23. The van der Waals surface area contributed by atoms with Gasteiger partial charge in [-0.15, -0.1) is 0 Å². The number of esters is 1. The third-order valence-corrected chi connectivity index (χ3v) is 6.80. The Kier molecular flexibility index (Phi) is 4.14. The van der Waals surface area contributed by atoms with E-state index in [0.29, 0.717) is 11.5 Å². The number of piperidine rings is 1. The molecule has 3 aliphatic heterocycles. The number of rotatable bonds is 3. The molecule has 0 saturated carbocycles. The van der Waals surface area contributed by atoms with Gasteiger partial charge in [0, 0.05) is 23.8 Å². The Morgan fingerprint density at radius 3 is 2.92 bits per heavy atom. The number of benzene rings is 1. The Morgan fingerprint density at radius 2 is 2.19 bits per heavy atom. The molecule has 4 rings (SSSR count). The molecule has 26 heavy (non-hydrogen) atoms. The molecular formula is C21H26N2O3. The summed E-state index contributed by atoms with van der Waals surface area (Å²) in [6, 6.07) is 8.12. The normalized spacial score (nSPS) is 32.8. The van der Waals surface area contributed by atoms with Gasteiger partial charge < -0.3 is 10.1 Å². The number of hydrogen-bond acceptors (Lipinski definition) is 4. The number of carbonyl (C=O) groups is 2. The van der Waals surface area contributed by atoms with Gasteiger partial charge in [-0.2, -0.15) is 0 Å². The minimum Gasteiger partial charge on any atom is -0.466 e. The average molecular weight is 354 g/mol. The molecule has 5 nitrogen and oxygen atoms in total. The lowest BCUT2D eigenvalue weighted by molar-refractivity contribution is -0.137. The Balaban J connectivity index is 1.72. The molecule has 3 aliphatic rings. The summed E-state index contributed by atoms with van der Waals surface area (Å²) >= 11 is 0. The van der Waals surface area contributed by atoms with Crippen molar-refractivity contribution in [2.75, 3.05) is 25.5 Å². The summed E-state index contributed by atoms with van der Waals surface area (Å²) in [6.07, 6.45) is 2.59. The number of methoxy groups -OCH3 is 1. The van der Waals surface area contributed by atoms with Crippen LogP contribution in [0.4, 0.5) is 5.69 Å². The van der Waals surface area contributed by atoms with Gasteiger partial charge >= 0.3 is 5.97 Å². The highest BCUT2D eigenvalue weighted by Crippen LogP contribution is 2.53. The van der Waals surface area contributed by atoms with E-state index in [1.807, 2.05) is 18.2 Å². The Bertz CT molecular complexity index is 774. The number of hydrogen-bond donors (Lipinski definition) is 1. The molecule has 0 radical (unpaired) electrons. The molecule has 1 aromatic rings. The van der Waals surface area contributed by atoms with Gasteiger partial charge in [0.2, 0.25) is 5.91 Å². The lowest BCUT2D eigenvalue weighted by Gasteiger charge is -2.45. The van der Waals surface area contributed by atoms with Crippen LogP contribution in [0.2, 0.25) is 0 Å². The molecule has 2 saturated heterocycles. The van der Waals surface area contributed by atoms with Crippen molar-refractivity contribution in [3.05, 3.63) is 42.0 Å². The van der Waals surface area contributed by atoms with Crippen LogP contribution in [0.5, 0.6) is 0 Å². The predicted octanol–water partition coefficient (Wildman–Crippen LogP) is 2.73. The number of carbonyl (C=O) groups excluding carboxylic acids is 2. The molecular weight excluding hydrogens is 328 g/mol. The van der Waals surface area contributed by atoms with Crippen molar-refractivity contribution in [3.8, 4) is 0 Å². The molecule has 5 heteroatoms. The number of fused-ring (bicyclic) bond motifs is 4. The van der Waals surface area contributed by atoms with E-state index in [1.165, 1.54) is 7.11 Å². The molecule has 3 unspecified atom stereocenters. The van der Waals surface area contributed by atoms with Crippen LogP contribution < -0.4 is 5.32 Å². The topological polar surface area (TPSA) is 58.6 Å². The molecule has 1 N–H and O–H groups in total. The summed E-state index contributed by atoms with van der Waals surface area (Å²) in [4.78, 5) is 27.7. The van der Waals surface area contributed by atoms with Crippen LogP contribution in [0.3, 0.4) is 0 Å². The van der Waals surface area contributed by atoms with Crippen LogP contribution in [0.1, 0.15) is 31.7 Å². The Labute approximate surface area is 154 Å². The summed E-state index contributed by atoms with van der Waals surface area (Å²) in [5.41, 5.74) is 2.08. The first-order valence-electron chi connectivity index (χ1n) is 9.45. The third kappa shape index (κ3) is 2.26. The van der Waals surface area contributed by atoms with E-state index < -0.39 is 5.41 Å². The number of anilines is 1. The zero-order valence-electron chi connectivity index (χ0n) is 15.5. The highest BCUT2D eigenvalue weighted by molar-refractivity contribution is 6.07. The molecule has 138 valence electrons. The monoisotopic (exact) mass is 354 g/mol. The summed E-state index contributed by atoms with van der Waals surface area (Å²) < 4.78 is 4.93. The summed E-state index contributed by atoms with van der Waals surface area (Å²) in [5.74, 6) is 0.200. The fourth-order valence-corrected chi connectivity index (χ4v) is 5.42. The van der Waals surface area contributed by atoms with E-state index in [1.54, 1.807) is 0 Å². The van der Waals surface area contributed by atoms with Gasteiger partial charge in [-0.1, -0.05) is 38.1 Å². The lowest BCUT2D eigenvalue weighted by atomic mass is 9.67. The van der Waals surface area contributed by atoms with Crippen LogP contribution in [-0.2, 0) is 19.7 Å². The van der Waals surface area contributed by atoms with E-state index in [4.69, 9.17) is 4.74 Å². The molecule has 3 heterocycles. The van der Waals surface area contributed by atoms with Gasteiger partial charge in [0.05, 0.1) is 12.5 Å². The third-order valence-electron chi connectivity index (χ3n) is 6.80. The number of amides is 1. The quantitative estimate of drug-likeness (QED) is 0.670. The van der Waals surface area contributed by atoms with Gasteiger partial charge in [0.25, 0.3) is 0 Å². The molecule has 1 amide bonds. The van der Waals surface area contributed by atoms with Crippen LogP contribution in [0, 0.1) is 11.8 Å². The first-order chi connectivity index (χ1) is 12.5. The SMILES string of the molecule is C=C(C(=O)OC)C1CC2N(CC[C@]23C(=O)Nc2ccccc23)CC1CC. The van der Waals surface area contributed by atoms with Gasteiger partial charge in [0.1, 0.15) is 0 Å². The first-order valence-corrected chi connectivity index (χ1v) is 9.45. The summed E-state index contributed by atoms with van der Waals surface area (Å²) in [6.45, 7) is 8.02. The van der Waals surface area contributed by atoms with Crippen LogP contribution in [-0.4, -0.2) is 43.0 Å². The molecule has 0 aromatic heterocycles. The maximum absolute atomic E-state index is 13.1. The maximum atomic E-state index is 13.1. The van der Waals surface area contributed by atoms with Gasteiger partial charge in [-0.25, -0.2) is 4.79 Å². The number of ether oxygens (including phenoxy) is 1. The van der Waals surface area contributed by atoms with Crippen molar-refractivity contribution in [1.29, 1.82) is 0 Å². The average Bonchev–Trinajstić information content (AvgIpc) is 3.18. The fraction of sp³-hybridized carbons (Fsp3) is 0.524. The van der Waals surface area contributed by atoms with Gasteiger partial charge in [0.15, 0.2) is 0 Å². The lowest BCUT2D eigenvalue weighted by Crippen LogP contribution is -2.53. The molecule has 2 fully saturated rings. The van der Waals surface area contributed by atoms with Crippen molar-refractivity contribution in [2.24, 2.45) is 11.8 Å². The van der Waals surface area contributed by atoms with Crippen molar-refractivity contribution < 1.29 is 14.3 Å². The number of nitrogens with one attached hydrogen (secondary N) is 1. The van der Waals surface area contributed by atoms with Crippen molar-refractivity contribution in [1.82, 2.24) is 4.90 Å². The highest BCUT2D eigenvalue weighted by Gasteiger charge is 2.59. The van der Waals surface area contributed by atoms with Gasteiger partial charge in [-0.3, -0.25) is 9.69 Å². The van der Waals surface area contributed by atoms with Crippen LogP contribution >= 0.6 is 0 Å². The van der Waals surface area contributed by atoms with E-state index in [0.717, 1.165) is 43.6 Å². The molecule has 4 atom stereocenters. The second-order valence-electron chi connectivity index (χ2n) is 7.76. The van der Waals surface area contributed by atoms with E-state index >= 15 is 0 Å². The Morgan fingerprint density at radius 1 is 1.42 bits per heavy atom. The zero-order valence-corrected chi connectivity index (χ0v) is 15.5. The molecule has 1 aromatic carbocycles. The standard InChI is InChI=1S/C21H26N2O3/c1-4-14-12-23-10-9-21(16-7-5-6-8-17(16)22-20(21)25)18(23)11-15(14)13(2)19(24)26-3/h5-8,14-15,18H,2,4,9-12H2,1,3H3,(H,22,25)/t14?,15?,18?,21-/m1/s1.